The first-order valence-electron chi connectivity index (χ1n) is 6.55. The Morgan fingerprint density at radius 1 is 1.05 bits per heavy atom. The van der Waals surface area contributed by atoms with E-state index in [0.717, 1.165) is 31.2 Å². The molecule has 0 aromatic heterocycles. The molecule has 19 heavy (non-hydrogen) atoms. The Bertz CT molecular complexity index is 507. The molecule has 2 rings (SSSR count). The van der Waals surface area contributed by atoms with E-state index in [4.69, 9.17) is 8.92 Å². The summed E-state index contributed by atoms with van der Waals surface area (Å²) in [6.45, 7) is 1.92. The fraction of sp³-hybridized carbons (Fsp3) is 0.571. The molecule has 1 saturated carbocycles. The highest BCUT2D eigenvalue weighted by Crippen LogP contribution is 2.26. The van der Waals surface area contributed by atoms with Gasteiger partial charge in [-0.3, -0.25) is 4.18 Å². The Labute approximate surface area is 114 Å². The molecular formula is C14H20O4S. The minimum absolute atomic E-state index is 0.131. The smallest absolute Gasteiger partial charge is 0.297 e. The molecule has 0 radical (unpaired) electrons. The third-order valence-corrected chi connectivity index (χ3v) is 4.85. The van der Waals surface area contributed by atoms with Crippen LogP contribution in [0.2, 0.25) is 0 Å². The van der Waals surface area contributed by atoms with Crippen molar-refractivity contribution < 1.29 is 17.3 Å². The first-order chi connectivity index (χ1) is 9.03. The van der Waals surface area contributed by atoms with Crippen LogP contribution in [0.1, 0.15) is 31.2 Å². The van der Waals surface area contributed by atoms with Crippen molar-refractivity contribution in [3.8, 4) is 0 Å². The van der Waals surface area contributed by atoms with Crippen LogP contribution < -0.4 is 0 Å². The molecule has 2 atom stereocenters. The summed E-state index contributed by atoms with van der Waals surface area (Å²) in [5.41, 5.74) is 1.02. The largest absolute Gasteiger partial charge is 0.379 e. The summed E-state index contributed by atoms with van der Waals surface area (Å²) in [5, 5.41) is 0. The van der Waals surface area contributed by atoms with Gasteiger partial charge in [-0.1, -0.05) is 30.5 Å². The fourth-order valence-electron chi connectivity index (χ4n) is 2.37. The van der Waals surface area contributed by atoms with Crippen LogP contribution in [-0.4, -0.2) is 27.7 Å². The van der Waals surface area contributed by atoms with Gasteiger partial charge in [-0.05, 0) is 31.9 Å². The molecule has 1 aromatic rings. The van der Waals surface area contributed by atoms with Crippen LogP contribution in [0.25, 0.3) is 0 Å². The molecular weight excluding hydrogens is 264 g/mol. The first-order valence-corrected chi connectivity index (χ1v) is 7.96. The van der Waals surface area contributed by atoms with Crippen LogP contribution in [0, 0.1) is 6.92 Å². The van der Waals surface area contributed by atoms with E-state index in [1.54, 1.807) is 31.4 Å². The van der Waals surface area contributed by atoms with Gasteiger partial charge >= 0.3 is 0 Å². The molecule has 0 unspecified atom stereocenters. The maximum atomic E-state index is 12.2. The molecule has 0 saturated heterocycles. The van der Waals surface area contributed by atoms with Gasteiger partial charge in [0.1, 0.15) is 6.10 Å². The summed E-state index contributed by atoms with van der Waals surface area (Å²) in [7, 11) is -2.10. The lowest BCUT2D eigenvalue weighted by molar-refractivity contribution is -0.0200. The van der Waals surface area contributed by atoms with E-state index in [1.807, 2.05) is 6.92 Å². The van der Waals surface area contributed by atoms with Crippen molar-refractivity contribution in [2.24, 2.45) is 0 Å². The highest BCUT2D eigenvalue weighted by molar-refractivity contribution is 7.86. The van der Waals surface area contributed by atoms with Gasteiger partial charge in [0.05, 0.1) is 11.0 Å². The van der Waals surface area contributed by atoms with E-state index in [2.05, 4.69) is 0 Å². The number of hydrogen-bond acceptors (Lipinski definition) is 4. The summed E-state index contributed by atoms with van der Waals surface area (Å²) in [6.07, 6.45) is 3.12. The molecule has 5 heteroatoms. The van der Waals surface area contributed by atoms with Crippen LogP contribution in [-0.2, 0) is 19.0 Å². The zero-order chi connectivity index (χ0) is 13.9. The molecule has 1 aliphatic rings. The van der Waals surface area contributed by atoms with E-state index in [1.165, 1.54) is 0 Å². The average Bonchev–Trinajstić information content (AvgIpc) is 2.39. The van der Waals surface area contributed by atoms with Crippen molar-refractivity contribution in [1.82, 2.24) is 0 Å². The fourth-order valence-corrected chi connectivity index (χ4v) is 3.49. The number of aryl methyl sites for hydroxylation is 1. The Kier molecular flexibility index (Phi) is 4.60. The third-order valence-electron chi connectivity index (χ3n) is 3.50. The Hall–Kier alpha value is -0.910. The molecule has 1 aromatic carbocycles. The monoisotopic (exact) mass is 284 g/mol. The van der Waals surface area contributed by atoms with Crippen molar-refractivity contribution in [1.29, 1.82) is 0 Å². The third kappa shape index (κ3) is 3.55. The maximum absolute atomic E-state index is 12.2. The van der Waals surface area contributed by atoms with Crippen molar-refractivity contribution in [2.45, 2.75) is 49.7 Å². The van der Waals surface area contributed by atoms with Crippen LogP contribution in [0.4, 0.5) is 0 Å². The number of rotatable bonds is 4. The second-order valence-corrected chi connectivity index (χ2v) is 6.53. The topological polar surface area (TPSA) is 52.6 Å². The van der Waals surface area contributed by atoms with Crippen LogP contribution in [0.5, 0.6) is 0 Å². The summed E-state index contributed by atoms with van der Waals surface area (Å²) in [5.74, 6) is 0. The highest BCUT2D eigenvalue weighted by atomic mass is 32.2. The summed E-state index contributed by atoms with van der Waals surface area (Å²) >= 11 is 0. The summed E-state index contributed by atoms with van der Waals surface area (Å²) in [6, 6.07) is 6.69. The SMILES string of the molecule is CO[C@@H]1CCCC[C@H]1OS(=O)(=O)c1ccc(C)cc1. The number of ether oxygens (including phenoxy) is 1. The van der Waals surface area contributed by atoms with Gasteiger partial charge in [-0.2, -0.15) is 8.42 Å². The molecule has 106 valence electrons. The molecule has 0 heterocycles. The molecule has 1 fully saturated rings. The Morgan fingerprint density at radius 3 is 2.21 bits per heavy atom. The van der Waals surface area contributed by atoms with Gasteiger partial charge in [-0.25, -0.2) is 0 Å². The van der Waals surface area contributed by atoms with Gasteiger partial charge in [0.25, 0.3) is 10.1 Å². The normalized spacial score (nSPS) is 24.3. The molecule has 0 N–H and O–H groups in total. The molecule has 1 aliphatic carbocycles. The van der Waals surface area contributed by atoms with Crippen molar-refractivity contribution in [3.63, 3.8) is 0 Å². The number of benzene rings is 1. The average molecular weight is 284 g/mol. The molecule has 0 aliphatic heterocycles. The lowest BCUT2D eigenvalue weighted by atomic mass is 9.95. The quantitative estimate of drug-likeness (QED) is 0.798. The van der Waals surface area contributed by atoms with Crippen molar-refractivity contribution in [3.05, 3.63) is 29.8 Å². The zero-order valence-electron chi connectivity index (χ0n) is 11.3. The van der Waals surface area contributed by atoms with Gasteiger partial charge in [0.2, 0.25) is 0 Å². The summed E-state index contributed by atoms with van der Waals surface area (Å²) in [4.78, 5) is 0.207. The van der Waals surface area contributed by atoms with Crippen LogP contribution in [0.3, 0.4) is 0 Å². The van der Waals surface area contributed by atoms with Gasteiger partial charge < -0.3 is 4.74 Å². The van der Waals surface area contributed by atoms with Crippen LogP contribution >= 0.6 is 0 Å². The van der Waals surface area contributed by atoms with Gasteiger partial charge in [0, 0.05) is 7.11 Å². The maximum Gasteiger partial charge on any atom is 0.297 e. The van der Waals surface area contributed by atoms with Crippen molar-refractivity contribution in [2.75, 3.05) is 7.11 Å². The van der Waals surface area contributed by atoms with Gasteiger partial charge in [-0.15, -0.1) is 0 Å². The van der Waals surface area contributed by atoms with E-state index < -0.39 is 10.1 Å². The second-order valence-electron chi connectivity index (χ2n) is 4.96. The van der Waals surface area contributed by atoms with E-state index in [9.17, 15) is 8.42 Å². The predicted octanol–water partition coefficient (Wildman–Crippen LogP) is 2.66. The highest BCUT2D eigenvalue weighted by Gasteiger charge is 2.31. The minimum Gasteiger partial charge on any atom is -0.379 e. The molecule has 0 spiro atoms. The predicted molar refractivity (Wildman–Crippen MR) is 72.5 cm³/mol. The Balaban J connectivity index is 2.14. The van der Waals surface area contributed by atoms with E-state index in [0.29, 0.717) is 0 Å². The number of methoxy groups -OCH3 is 1. The minimum atomic E-state index is -3.70. The lowest BCUT2D eigenvalue weighted by Gasteiger charge is -2.29. The first kappa shape index (κ1) is 14.5. The van der Waals surface area contributed by atoms with E-state index in [-0.39, 0.29) is 17.1 Å². The Morgan fingerprint density at radius 2 is 1.63 bits per heavy atom. The van der Waals surface area contributed by atoms with Gasteiger partial charge in [0.15, 0.2) is 0 Å². The standard InChI is InChI=1S/C14H20O4S/c1-11-7-9-12(10-8-11)19(15,16)18-14-6-4-3-5-13(14)17-2/h7-10,13-14H,3-6H2,1-2H3/t13-,14-/m1/s1. The summed E-state index contributed by atoms with van der Waals surface area (Å²) < 4.78 is 35.1. The zero-order valence-corrected chi connectivity index (χ0v) is 12.2. The van der Waals surface area contributed by atoms with E-state index >= 15 is 0 Å². The molecule has 4 nitrogen and oxygen atoms in total. The molecule has 0 bridgehead atoms. The second kappa shape index (κ2) is 6.03. The molecule has 0 amide bonds. The number of hydrogen-bond donors (Lipinski definition) is 0. The van der Waals surface area contributed by atoms with Crippen molar-refractivity contribution >= 4 is 10.1 Å². The van der Waals surface area contributed by atoms with Crippen LogP contribution in [0.15, 0.2) is 29.2 Å². The lowest BCUT2D eigenvalue weighted by Crippen LogP contribution is -2.35.